The van der Waals surface area contributed by atoms with E-state index < -0.39 is 5.82 Å². The fraction of sp³-hybridized carbons (Fsp3) is 0.423. The molecular formula is C26H30FN3O3. The van der Waals surface area contributed by atoms with Crippen LogP contribution in [0.15, 0.2) is 48.8 Å². The van der Waals surface area contributed by atoms with Crippen LogP contribution in [0.1, 0.15) is 38.2 Å². The molecule has 0 aliphatic carbocycles. The fourth-order valence-corrected chi connectivity index (χ4v) is 4.51. The molecule has 174 valence electrons. The number of benzene rings is 1. The molecule has 0 radical (unpaired) electrons. The summed E-state index contributed by atoms with van der Waals surface area (Å²) < 4.78 is 19.9. The van der Waals surface area contributed by atoms with Crippen LogP contribution in [-0.2, 0) is 9.59 Å². The van der Waals surface area contributed by atoms with E-state index in [0.717, 1.165) is 19.5 Å². The summed E-state index contributed by atoms with van der Waals surface area (Å²) in [5.74, 6) is 0.727. The van der Waals surface area contributed by atoms with Crippen molar-refractivity contribution in [1.29, 1.82) is 0 Å². The zero-order chi connectivity index (χ0) is 23.2. The van der Waals surface area contributed by atoms with Gasteiger partial charge in [0.05, 0.1) is 6.20 Å². The SMILES string of the molecule is CC1CCCN(C(=O)C2CCN(C(=O)/C=C/c3ccc(Oc4cccnc4)c(F)c3)CC2)C1. The van der Waals surface area contributed by atoms with Crippen molar-refractivity contribution in [2.24, 2.45) is 11.8 Å². The van der Waals surface area contributed by atoms with Gasteiger partial charge in [-0.05, 0) is 67.5 Å². The third kappa shape index (κ3) is 5.97. The monoisotopic (exact) mass is 451 g/mol. The summed E-state index contributed by atoms with van der Waals surface area (Å²) in [5.41, 5.74) is 0.573. The minimum atomic E-state index is -0.514. The zero-order valence-corrected chi connectivity index (χ0v) is 19.0. The van der Waals surface area contributed by atoms with Crippen LogP contribution in [-0.4, -0.2) is 52.8 Å². The van der Waals surface area contributed by atoms with Gasteiger partial charge in [0.1, 0.15) is 5.75 Å². The number of nitrogens with zero attached hydrogens (tertiary/aromatic N) is 3. The molecule has 2 fully saturated rings. The van der Waals surface area contributed by atoms with Crippen molar-refractivity contribution in [3.8, 4) is 11.5 Å². The second kappa shape index (κ2) is 10.6. The molecule has 2 aliphatic rings. The van der Waals surface area contributed by atoms with Gasteiger partial charge in [-0.25, -0.2) is 4.39 Å². The van der Waals surface area contributed by atoms with E-state index in [4.69, 9.17) is 4.74 Å². The van der Waals surface area contributed by atoms with Gasteiger partial charge in [-0.3, -0.25) is 14.6 Å². The third-order valence-electron chi connectivity index (χ3n) is 6.36. The van der Waals surface area contributed by atoms with Gasteiger partial charge in [-0.15, -0.1) is 0 Å². The molecule has 0 saturated carbocycles. The highest BCUT2D eigenvalue weighted by atomic mass is 19.1. The maximum absolute atomic E-state index is 14.4. The highest BCUT2D eigenvalue weighted by molar-refractivity contribution is 5.92. The molecule has 33 heavy (non-hydrogen) atoms. The first-order valence-electron chi connectivity index (χ1n) is 11.6. The minimum absolute atomic E-state index is 0.00443. The van der Waals surface area contributed by atoms with E-state index in [1.807, 2.05) is 4.90 Å². The summed E-state index contributed by atoms with van der Waals surface area (Å²) >= 11 is 0. The summed E-state index contributed by atoms with van der Waals surface area (Å²) in [6, 6.07) is 7.97. The van der Waals surface area contributed by atoms with E-state index >= 15 is 0 Å². The number of hydrogen-bond acceptors (Lipinski definition) is 4. The Kier molecular flexibility index (Phi) is 7.37. The van der Waals surface area contributed by atoms with Crippen molar-refractivity contribution in [3.63, 3.8) is 0 Å². The third-order valence-corrected chi connectivity index (χ3v) is 6.36. The molecule has 0 spiro atoms. The molecule has 4 rings (SSSR count). The molecule has 6 nitrogen and oxygen atoms in total. The lowest BCUT2D eigenvalue weighted by Gasteiger charge is -2.37. The smallest absolute Gasteiger partial charge is 0.246 e. The molecule has 1 aromatic heterocycles. The highest BCUT2D eigenvalue weighted by Gasteiger charge is 2.31. The summed E-state index contributed by atoms with van der Waals surface area (Å²) in [6.07, 6.45) is 9.84. The van der Waals surface area contributed by atoms with Crippen LogP contribution in [0.2, 0.25) is 0 Å². The molecule has 2 aliphatic heterocycles. The highest BCUT2D eigenvalue weighted by Crippen LogP contribution is 2.26. The van der Waals surface area contributed by atoms with E-state index in [-0.39, 0.29) is 23.5 Å². The molecule has 0 N–H and O–H groups in total. The molecule has 2 saturated heterocycles. The number of hydrogen-bond donors (Lipinski definition) is 0. The molecule has 3 heterocycles. The number of likely N-dealkylation sites (tertiary alicyclic amines) is 2. The van der Waals surface area contributed by atoms with Gasteiger partial charge in [0.25, 0.3) is 0 Å². The van der Waals surface area contributed by atoms with E-state index in [2.05, 4.69) is 11.9 Å². The van der Waals surface area contributed by atoms with Crippen LogP contribution >= 0.6 is 0 Å². The second-order valence-corrected chi connectivity index (χ2v) is 8.95. The van der Waals surface area contributed by atoms with Crippen LogP contribution in [0.5, 0.6) is 11.5 Å². The number of carbonyl (C=O) groups excluding carboxylic acids is 2. The normalized spacial score (nSPS) is 19.6. The summed E-state index contributed by atoms with van der Waals surface area (Å²) in [7, 11) is 0. The Balaban J connectivity index is 1.28. The van der Waals surface area contributed by atoms with Crippen molar-refractivity contribution in [3.05, 3.63) is 60.2 Å². The number of rotatable bonds is 5. The number of pyridine rings is 1. The van der Waals surface area contributed by atoms with Gasteiger partial charge in [0.15, 0.2) is 11.6 Å². The Morgan fingerprint density at radius 1 is 1.12 bits per heavy atom. The lowest BCUT2D eigenvalue weighted by Crippen LogP contribution is -2.46. The molecule has 1 aromatic carbocycles. The van der Waals surface area contributed by atoms with Crippen molar-refractivity contribution in [2.45, 2.75) is 32.6 Å². The van der Waals surface area contributed by atoms with Gasteiger partial charge in [0, 0.05) is 44.4 Å². The van der Waals surface area contributed by atoms with Crippen LogP contribution in [0.25, 0.3) is 6.08 Å². The molecule has 7 heteroatoms. The van der Waals surface area contributed by atoms with Gasteiger partial charge in [-0.1, -0.05) is 13.0 Å². The number of amides is 2. The maximum atomic E-state index is 14.4. The van der Waals surface area contributed by atoms with Crippen LogP contribution in [0.3, 0.4) is 0 Å². The maximum Gasteiger partial charge on any atom is 0.246 e. The van der Waals surface area contributed by atoms with Gasteiger partial charge >= 0.3 is 0 Å². The second-order valence-electron chi connectivity index (χ2n) is 8.95. The van der Waals surface area contributed by atoms with Crippen LogP contribution in [0.4, 0.5) is 4.39 Å². The number of halogens is 1. The predicted octanol–water partition coefficient (Wildman–Crippen LogP) is 4.52. The van der Waals surface area contributed by atoms with Crippen LogP contribution < -0.4 is 4.74 Å². The number of ether oxygens (including phenoxy) is 1. The molecule has 2 amide bonds. The Morgan fingerprint density at radius 3 is 2.64 bits per heavy atom. The van der Waals surface area contributed by atoms with Crippen molar-refractivity contribution >= 4 is 17.9 Å². The van der Waals surface area contributed by atoms with Gasteiger partial charge in [0.2, 0.25) is 11.8 Å². The van der Waals surface area contributed by atoms with E-state index in [1.165, 1.54) is 30.8 Å². The first kappa shape index (κ1) is 23.0. The zero-order valence-electron chi connectivity index (χ0n) is 19.0. The van der Waals surface area contributed by atoms with E-state index in [0.29, 0.717) is 43.2 Å². The lowest BCUT2D eigenvalue weighted by molar-refractivity contribution is -0.140. The molecule has 1 atom stereocenters. The first-order valence-corrected chi connectivity index (χ1v) is 11.6. The first-order chi connectivity index (χ1) is 16.0. The number of piperidine rings is 2. The fourth-order valence-electron chi connectivity index (χ4n) is 4.51. The number of aromatic nitrogens is 1. The molecular weight excluding hydrogens is 421 g/mol. The average molecular weight is 452 g/mol. The Bertz CT molecular complexity index is 1000. The summed E-state index contributed by atoms with van der Waals surface area (Å²) in [4.78, 5) is 33.1. The predicted molar refractivity (Wildman–Crippen MR) is 124 cm³/mol. The largest absolute Gasteiger partial charge is 0.453 e. The van der Waals surface area contributed by atoms with Crippen molar-refractivity contribution < 1.29 is 18.7 Å². The average Bonchev–Trinajstić information content (AvgIpc) is 2.84. The van der Waals surface area contributed by atoms with Crippen LogP contribution in [0, 0.1) is 17.7 Å². The topological polar surface area (TPSA) is 62.7 Å². The minimum Gasteiger partial charge on any atom is -0.453 e. The molecule has 0 bridgehead atoms. The van der Waals surface area contributed by atoms with Crippen molar-refractivity contribution in [2.75, 3.05) is 26.2 Å². The Labute approximate surface area is 194 Å². The Morgan fingerprint density at radius 2 is 1.94 bits per heavy atom. The number of carbonyl (C=O) groups is 2. The standard InChI is InChI=1S/C26H30FN3O3/c1-19-4-3-13-30(18-19)26(32)21-10-14-29(15-11-21)25(31)9-7-20-6-8-24(23(27)16-20)33-22-5-2-12-28-17-22/h2,5-9,12,16-17,19,21H,3-4,10-11,13-15,18H2,1H3/b9-7+. The van der Waals surface area contributed by atoms with E-state index in [1.54, 1.807) is 35.4 Å². The van der Waals surface area contributed by atoms with E-state index in [9.17, 15) is 14.0 Å². The lowest BCUT2D eigenvalue weighted by atomic mass is 9.92. The van der Waals surface area contributed by atoms with Gasteiger partial charge in [-0.2, -0.15) is 0 Å². The summed E-state index contributed by atoms with van der Waals surface area (Å²) in [6.45, 7) is 5.03. The van der Waals surface area contributed by atoms with Gasteiger partial charge < -0.3 is 14.5 Å². The summed E-state index contributed by atoms with van der Waals surface area (Å²) in [5, 5.41) is 0. The quantitative estimate of drug-likeness (QED) is 0.627. The molecule has 1 unspecified atom stereocenters. The van der Waals surface area contributed by atoms with Crippen molar-refractivity contribution in [1.82, 2.24) is 14.8 Å². The Hall–Kier alpha value is -3.22. The molecule has 2 aromatic rings.